The number of aromatic nitrogens is 2. The molecule has 0 unspecified atom stereocenters. The van der Waals surface area contributed by atoms with Crippen LogP contribution in [-0.2, 0) is 12.0 Å². The van der Waals surface area contributed by atoms with Crippen LogP contribution in [0.15, 0.2) is 18.2 Å². The molecule has 2 aromatic rings. The lowest BCUT2D eigenvalue weighted by molar-refractivity contribution is 0.498. The van der Waals surface area contributed by atoms with Crippen LogP contribution in [0.2, 0.25) is 0 Å². The molecule has 0 saturated heterocycles. The third-order valence-electron chi connectivity index (χ3n) is 3.56. The van der Waals surface area contributed by atoms with Crippen molar-refractivity contribution in [2.75, 3.05) is 5.73 Å². The maximum Gasteiger partial charge on any atom is 0.131 e. The minimum atomic E-state index is -0.207. The molecule has 0 aliphatic heterocycles. The largest absolute Gasteiger partial charge is 0.383 e. The highest BCUT2D eigenvalue weighted by Crippen LogP contribution is 2.32. The quantitative estimate of drug-likeness (QED) is 0.916. The predicted octanol–water partition coefficient (Wildman–Crippen LogP) is 4.29. The molecule has 0 spiro atoms. The Morgan fingerprint density at radius 1 is 1.29 bits per heavy atom. The predicted molar refractivity (Wildman–Crippen MR) is 85.8 cm³/mol. The Bertz CT molecular complexity index is 651. The number of imidazole rings is 1. The van der Waals surface area contributed by atoms with Crippen molar-refractivity contribution < 1.29 is 4.39 Å². The first-order valence-corrected chi connectivity index (χ1v) is 7.38. The number of nitrogens with zero attached hydrogens (tertiary/aromatic N) is 2. The maximum atomic E-state index is 13.5. The second-order valence-corrected chi connectivity index (χ2v) is 6.53. The van der Waals surface area contributed by atoms with E-state index >= 15 is 0 Å². The SMILES string of the molecule is CCCn1c(C(C)(C)C)nc(-c2ccc(F)c(C)c2)c1N. The van der Waals surface area contributed by atoms with Crippen LogP contribution in [0.3, 0.4) is 0 Å². The number of hydrogen-bond donors (Lipinski definition) is 1. The van der Waals surface area contributed by atoms with Crippen LogP contribution < -0.4 is 5.73 Å². The molecule has 21 heavy (non-hydrogen) atoms. The third kappa shape index (κ3) is 2.94. The lowest BCUT2D eigenvalue weighted by Crippen LogP contribution is -2.19. The average molecular weight is 289 g/mol. The number of benzene rings is 1. The summed E-state index contributed by atoms with van der Waals surface area (Å²) in [7, 11) is 0. The molecule has 3 nitrogen and oxygen atoms in total. The first kappa shape index (κ1) is 15.5. The average Bonchev–Trinajstić information content (AvgIpc) is 2.71. The van der Waals surface area contributed by atoms with Crippen LogP contribution in [0.5, 0.6) is 0 Å². The van der Waals surface area contributed by atoms with Gasteiger partial charge in [0, 0.05) is 17.5 Å². The molecule has 1 aromatic heterocycles. The number of aryl methyl sites for hydroxylation is 1. The Kier molecular flexibility index (Phi) is 4.08. The van der Waals surface area contributed by atoms with Crippen molar-refractivity contribution in [1.29, 1.82) is 0 Å². The van der Waals surface area contributed by atoms with E-state index in [1.165, 1.54) is 6.07 Å². The van der Waals surface area contributed by atoms with E-state index in [1.54, 1.807) is 19.1 Å². The molecular formula is C17H24FN3. The standard InChI is InChI=1S/C17H24FN3/c1-6-9-21-15(19)14(20-16(21)17(3,4)5)12-7-8-13(18)11(2)10-12/h7-8,10H,6,9,19H2,1-5H3. The first-order chi connectivity index (χ1) is 9.75. The molecule has 0 fully saturated rings. The fraction of sp³-hybridized carbons (Fsp3) is 0.471. The van der Waals surface area contributed by atoms with Gasteiger partial charge in [-0.3, -0.25) is 0 Å². The number of nitrogen functional groups attached to an aromatic ring is 1. The van der Waals surface area contributed by atoms with E-state index < -0.39 is 0 Å². The summed E-state index contributed by atoms with van der Waals surface area (Å²) in [5.74, 6) is 1.42. The van der Waals surface area contributed by atoms with E-state index in [-0.39, 0.29) is 11.2 Å². The summed E-state index contributed by atoms with van der Waals surface area (Å²) in [4.78, 5) is 4.76. The summed E-state index contributed by atoms with van der Waals surface area (Å²) in [6.07, 6.45) is 0.992. The molecule has 0 aliphatic carbocycles. The van der Waals surface area contributed by atoms with E-state index in [9.17, 15) is 4.39 Å². The number of halogens is 1. The van der Waals surface area contributed by atoms with Gasteiger partial charge in [-0.05, 0) is 37.1 Å². The minimum Gasteiger partial charge on any atom is -0.383 e. The van der Waals surface area contributed by atoms with Crippen LogP contribution in [0.25, 0.3) is 11.3 Å². The summed E-state index contributed by atoms with van der Waals surface area (Å²) < 4.78 is 15.5. The Labute approximate surface area is 126 Å². The monoisotopic (exact) mass is 289 g/mol. The Hall–Kier alpha value is -1.84. The first-order valence-electron chi connectivity index (χ1n) is 7.38. The van der Waals surface area contributed by atoms with Gasteiger partial charge in [-0.1, -0.05) is 27.7 Å². The lowest BCUT2D eigenvalue weighted by atomic mass is 9.95. The molecule has 0 saturated carbocycles. The molecule has 1 heterocycles. The van der Waals surface area contributed by atoms with Gasteiger partial charge in [0.15, 0.2) is 0 Å². The van der Waals surface area contributed by atoms with Gasteiger partial charge >= 0.3 is 0 Å². The van der Waals surface area contributed by atoms with Crippen molar-refractivity contribution in [3.8, 4) is 11.3 Å². The van der Waals surface area contributed by atoms with Crippen molar-refractivity contribution >= 4 is 5.82 Å². The topological polar surface area (TPSA) is 43.8 Å². The molecule has 2 rings (SSSR count). The van der Waals surface area contributed by atoms with Gasteiger partial charge in [-0.2, -0.15) is 0 Å². The second kappa shape index (κ2) is 5.51. The van der Waals surface area contributed by atoms with E-state index in [1.807, 2.05) is 0 Å². The smallest absolute Gasteiger partial charge is 0.131 e. The second-order valence-electron chi connectivity index (χ2n) is 6.53. The normalized spacial score (nSPS) is 11.9. The van der Waals surface area contributed by atoms with E-state index in [0.717, 1.165) is 30.0 Å². The number of anilines is 1. The molecule has 4 heteroatoms. The van der Waals surface area contributed by atoms with Crippen LogP contribution in [0.1, 0.15) is 45.5 Å². The Morgan fingerprint density at radius 3 is 2.48 bits per heavy atom. The van der Waals surface area contributed by atoms with Gasteiger partial charge in [-0.15, -0.1) is 0 Å². The zero-order valence-corrected chi connectivity index (χ0v) is 13.5. The molecule has 0 atom stereocenters. The van der Waals surface area contributed by atoms with Crippen molar-refractivity contribution in [3.05, 3.63) is 35.4 Å². The summed E-state index contributed by atoms with van der Waals surface area (Å²) in [5.41, 5.74) is 8.45. The number of nitrogens with two attached hydrogens (primary N) is 1. The maximum absolute atomic E-state index is 13.5. The molecule has 114 valence electrons. The van der Waals surface area contributed by atoms with Crippen molar-refractivity contribution in [2.45, 2.75) is 53.0 Å². The summed E-state index contributed by atoms with van der Waals surface area (Å²) >= 11 is 0. The summed E-state index contributed by atoms with van der Waals surface area (Å²) in [6, 6.07) is 5.01. The van der Waals surface area contributed by atoms with E-state index in [4.69, 9.17) is 10.7 Å². The van der Waals surface area contributed by atoms with E-state index in [2.05, 4.69) is 32.3 Å². The fourth-order valence-electron chi connectivity index (χ4n) is 2.49. The lowest BCUT2D eigenvalue weighted by Gasteiger charge is -2.19. The van der Waals surface area contributed by atoms with Crippen molar-refractivity contribution in [2.24, 2.45) is 0 Å². The molecule has 0 bridgehead atoms. The van der Waals surface area contributed by atoms with Crippen molar-refractivity contribution in [1.82, 2.24) is 9.55 Å². The van der Waals surface area contributed by atoms with Gasteiger partial charge in [-0.25, -0.2) is 9.37 Å². The zero-order chi connectivity index (χ0) is 15.8. The molecule has 0 aliphatic rings. The number of rotatable bonds is 3. The summed E-state index contributed by atoms with van der Waals surface area (Å²) in [5, 5.41) is 0. The van der Waals surface area contributed by atoms with Crippen LogP contribution in [0, 0.1) is 12.7 Å². The Balaban J connectivity index is 2.61. The molecular weight excluding hydrogens is 265 g/mol. The minimum absolute atomic E-state index is 0.0867. The molecule has 0 amide bonds. The van der Waals surface area contributed by atoms with Crippen LogP contribution >= 0.6 is 0 Å². The van der Waals surface area contributed by atoms with Gasteiger partial charge in [0.25, 0.3) is 0 Å². The van der Waals surface area contributed by atoms with Gasteiger partial charge < -0.3 is 10.3 Å². The number of hydrogen-bond acceptors (Lipinski definition) is 2. The van der Waals surface area contributed by atoms with Crippen LogP contribution in [-0.4, -0.2) is 9.55 Å². The van der Waals surface area contributed by atoms with Crippen LogP contribution in [0.4, 0.5) is 10.2 Å². The Morgan fingerprint density at radius 2 is 1.95 bits per heavy atom. The van der Waals surface area contributed by atoms with Gasteiger partial charge in [0.2, 0.25) is 0 Å². The zero-order valence-electron chi connectivity index (χ0n) is 13.5. The molecule has 2 N–H and O–H groups in total. The molecule has 0 radical (unpaired) electrons. The van der Waals surface area contributed by atoms with Gasteiger partial charge in [0.05, 0.1) is 0 Å². The highest BCUT2D eigenvalue weighted by Gasteiger charge is 2.25. The third-order valence-corrected chi connectivity index (χ3v) is 3.56. The van der Waals surface area contributed by atoms with Crippen molar-refractivity contribution in [3.63, 3.8) is 0 Å². The van der Waals surface area contributed by atoms with E-state index in [0.29, 0.717) is 11.4 Å². The molecule has 1 aromatic carbocycles. The fourth-order valence-corrected chi connectivity index (χ4v) is 2.49. The summed E-state index contributed by atoms with van der Waals surface area (Å²) in [6.45, 7) is 11.1. The highest BCUT2D eigenvalue weighted by molar-refractivity contribution is 5.71. The highest BCUT2D eigenvalue weighted by atomic mass is 19.1. The van der Waals surface area contributed by atoms with Gasteiger partial charge in [0.1, 0.15) is 23.2 Å².